The highest BCUT2D eigenvalue weighted by Crippen LogP contribution is 2.32. The van der Waals surface area contributed by atoms with Crippen LogP contribution < -0.4 is 11.1 Å². The molecule has 8 heteroatoms. The van der Waals surface area contributed by atoms with E-state index in [-0.39, 0.29) is 12.0 Å². The average Bonchev–Trinajstić information content (AvgIpc) is 2.94. The molecule has 244 valence electrons. The van der Waals surface area contributed by atoms with Crippen molar-refractivity contribution in [2.75, 3.05) is 12.3 Å². The second-order valence-electron chi connectivity index (χ2n) is 9.66. The van der Waals surface area contributed by atoms with Gasteiger partial charge in [0.25, 0.3) is 0 Å². The van der Waals surface area contributed by atoms with Crippen molar-refractivity contribution in [2.45, 2.75) is 118 Å². The first-order valence-electron chi connectivity index (χ1n) is 15.1. The number of halogens is 2. The Balaban J connectivity index is -0.000000270. The number of alkyl halides is 1. The summed E-state index contributed by atoms with van der Waals surface area (Å²) in [6.45, 7) is 23.8. The first-order valence-corrected chi connectivity index (χ1v) is 18.0. The van der Waals surface area contributed by atoms with Crippen LogP contribution in [0, 0.1) is 17.8 Å². The zero-order valence-electron chi connectivity index (χ0n) is 27.6. The van der Waals surface area contributed by atoms with Crippen molar-refractivity contribution in [3.63, 3.8) is 0 Å². The van der Waals surface area contributed by atoms with Gasteiger partial charge in [0.05, 0.1) is 0 Å². The third-order valence-corrected chi connectivity index (χ3v) is 7.87. The van der Waals surface area contributed by atoms with Gasteiger partial charge in [-0.25, -0.2) is 0 Å². The summed E-state index contributed by atoms with van der Waals surface area (Å²) < 4.78 is 1.37. The van der Waals surface area contributed by atoms with Crippen LogP contribution >= 0.6 is 43.6 Å². The van der Waals surface area contributed by atoms with Crippen LogP contribution in [0.2, 0.25) is 0 Å². The molecule has 6 N–H and O–H groups in total. The lowest BCUT2D eigenvalue weighted by atomic mass is 9.92. The fraction of sp³-hybridized carbons (Fsp3) is 0.697. The molecule has 0 aliphatic heterocycles. The molecule has 0 aromatic heterocycles. The Bertz CT molecular complexity index is 692. The molecule has 0 saturated carbocycles. The number of aliphatic hydroxyl groups is 3. The Morgan fingerprint density at radius 2 is 1.56 bits per heavy atom. The largest absolute Gasteiger partial charge is 0.377 e. The maximum atomic E-state index is 9.90. The molecule has 1 aromatic rings. The fourth-order valence-corrected chi connectivity index (χ4v) is 6.20. The Labute approximate surface area is 275 Å². The van der Waals surface area contributed by atoms with Crippen molar-refractivity contribution in [3.05, 3.63) is 59.1 Å². The lowest BCUT2D eigenvalue weighted by Gasteiger charge is -2.24. The Kier molecular flexibility index (Phi) is 39.9. The number of allylic oxidation sites excluding steroid dienone is 3. The van der Waals surface area contributed by atoms with E-state index in [1.807, 2.05) is 66.3 Å². The summed E-state index contributed by atoms with van der Waals surface area (Å²) in [5, 5.41) is 28.2. The fourth-order valence-electron chi connectivity index (χ4n) is 3.15. The molecular weight excluding hydrogens is 664 g/mol. The molecule has 5 unspecified atom stereocenters. The summed E-state index contributed by atoms with van der Waals surface area (Å²) in [7, 11) is 0. The molecule has 0 radical (unpaired) electrons. The lowest BCUT2D eigenvalue weighted by molar-refractivity contribution is -0.0228. The number of benzene rings is 1. The molecule has 0 fully saturated rings. The van der Waals surface area contributed by atoms with Gasteiger partial charge in [0, 0.05) is 23.2 Å². The van der Waals surface area contributed by atoms with Crippen LogP contribution in [0.15, 0.2) is 53.5 Å². The van der Waals surface area contributed by atoms with Crippen LogP contribution in [0.4, 0.5) is 0 Å². The van der Waals surface area contributed by atoms with Gasteiger partial charge in [-0.15, -0.1) is 6.58 Å². The minimum Gasteiger partial charge on any atom is -0.377 e. The molecule has 2 rings (SSSR count). The molecule has 0 saturated heterocycles. The van der Waals surface area contributed by atoms with Crippen LogP contribution in [0.1, 0.15) is 94.1 Å². The van der Waals surface area contributed by atoms with Crippen LogP contribution in [-0.4, -0.2) is 51.0 Å². The normalized spacial score (nSPS) is 17.6. The van der Waals surface area contributed by atoms with E-state index in [0.29, 0.717) is 10.7 Å². The van der Waals surface area contributed by atoms with E-state index >= 15 is 0 Å². The molecule has 0 heterocycles. The molecule has 1 aliphatic rings. The minimum atomic E-state index is -1.17. The van der Waals surface area contributed by atoms with Gasteiger partial charge in [0.1, 0.15) is 12.5 Å². The van der Waals surface area contributed by atoms with Gasteiger partial charge in [0.15, 0.2) is 0 Å². The monoisotopic (exact) mass is 726 g/mol. The van der Waals surface area contributed by atoms with Crippen LogP contribution in [-0.2, 0) is 5.75 Å². The molecule has 1 aliphatic carbocycles. The number of hydrogen-bond acceptors (Lipinski definition) is 6. The highest BCUT2D eigenvalue weighted by atomic mass is 79.9. The van der Waals surface area contributed by atoms with Gasteiger partial charge in [-0.3, -0.25) is 5.32 Å². The summed E-state index contributed by atoms with van der Waals surface area (Å²) in [5.74, 6) is 3.78. The van der Waals surface area contributed by atoms with E-state index in [0.717, 1.165) is 24.0 Å². The number of hydrogen-bond donors (Lipinski definition) is 5. The zero-order chi connectivity index (χ0) is 32.8. The van der Waals surface area contributed by atoms with E-state index in [9.17, 15) is 5.11 Å². The van der Waals surface area contributed by atoms with Crippen molar-refractivity contribution >= 4 is 43.6 Å². The maximum absolute atomic E-state index is 9.90. The zero-order valence-corrected chi connectivity index (χ0v) is 31.6. The second-order valence-corrected chi connectivity index (χ2v) is 12.9. The number of nitrogens with two attached hydrogens (primary N) is 1. The van der Waals surface area contributed by atoms with Gasteiger partial charge in [-0.05, 0) is 60.2 Å². The van der Waals surface area contributed by atoms with Gasteiger partial charge in [0.2, 0.25) is 0 Å². The van der Waals surface area contributed by atoms with Crippen molar-refractivity contribution in [1.29, 1.82) is 0 Å². The summed E-state index contributed by atoms with van der Waals surface area (Å²) in [6, 6.07) is 10.3. The topological polar surface area (TPSA) is 98.7 Å². The second kappa shape index (κ2) is 34.3. The smallest absolute Gasteiger partial charge is 0.148 e. The third-order valence-electron chi connectivity index (χ3n) is 5.30. The van der Waals surface area contributed by atoms with Gasteiger partial charge >= 0.3 is 0 Å². The van der Waals surface area contributed by atoms with Crippen LogP contribution in [0.3, 0.4) is 0 Å². The molecule has 5 atom stereocenters. The lowest BCUT2D eigenvalue weighted by Crippen LogP contribution is -2.49. The van der Waals surface area contributed by atoms with E-state index in [1.165, 1.54) is 36.2 Å². The molecule has 0 bridgehead atoms. The Hall–Kier alpha value is -0.190. The third kappa shape index (κ3) is 34.2. The van der Waals surface area contributed by atoms with Gasteiger partial charge < -0.3 is 21.1 Å². The average molecular weight is 729 g/mol. The predicted octanol–water partition coefficient (Wildman–Crippen LogP) is 8.86. The standard InChI is InChI=1S/C16H28N2OS.C8H12Br2.C3H6.C2H6O2.2C2H6/c1-12(2)15(17)16(19)18-9-13(3)10-20-11-14-7-5-4-6-8-14;1-2-6-3-7(9)5-8(10)4-6;1-3-2;1-2(3)4;2*1-2/h4-8,12-13,15-16,18-19H,9-11,17H2,1-3H3;5-7H,2-4H2,1H3;3H,1H2,2H3;2-4H,1H3;2*1-2H3. The van der Waals surface area contributed by atoms with E-state index in [1.54, 1.807) is 6.08 Å². The number of nitrogens with one attached hydrogen (secondary N) is 1. The van der Waals surface area contributed by atoms with Gasteiger partial charge in [-0.1, -0.05) is 136 Å². The molecule has 5 nitrogen and oxygen atoms in total. The summed E-state index contributed by atoms with van der Waals surface area (Å²) >= 11 is 9.07. The quantitative estimate of drug-likeness (QED) is 0.0939. The number of rotatable bonds is 10. The minimum absolute atomic E-state index is 0.209. The Morgan fingerprint density at radius 1 is 1.07 bits per heavy atom. The van der Waals surface area contributed by atoms with E-state index in [2.05, 4.69) is 87.9 Å². The molecule has 41 heavy (non-hydrogen) atoms. The van der Waals surface area contributed by atoms with Crippen LogP contribution in [0.25, 0.3) is 0 Å². The number of thioether (sulfide) groups is 1. The summed E-state index contributed by atoms with van der Waals surface area (Å²) in [4.78, 5) is 0.598. The predicted molar refractivity (Wildman–Crippen MR) is 194 cm³/mol. The molecule has 0 amide bonds. The Morgan fingerprint density at radius 3 is 1.98 bits per heavy atom. The highest BCUT2D eigenvalue weighted by molar-refractivity contribution is 9.12. The van der Waals surface area contributed by atoms with Crippen molar-refractivity contribution in [2.24, 2.45) is 23.5 Å². The van der Waals surface area contributed by atoms with Gasteiger partial charge in [-0.2, -0.15) is 11.8 Å². The van der Waals surface area contributed by atoms with Crippen molar-refractivity contribution in [3.8, 4) is 0 Å². The highest BCUT2D eigenvalue weighted by Gasteiger charge is 2.18. The maximum Gasteiger partial charge on any atom is 0.148 e. The molecule has 0 spiro atoms. The number of aliphatic hydroxyl groups excluding tert-OH is 2. The summed E-state index contributed by atoms with van der Waals surface area (Å²) in [5.41, 5.74) is 7.27. The SMILES string of the molecule is C=CC.CC.CC.CC(CNC(O)C(N)C(C)C)CSCc1ccccc1.CC(O)O.CCC1CC(Br)=CC(Br)C1. The molecule has 1 aromatic carbocycles. The molecular formula is C33H64Br2N2O3S. The first kappa shape index (κ1) is 47.7. The summed E-state index contributed by atoms with van der Waals surface area (Å²) in [6.07, 6.45) is 6.05. The first-order chi connectivity index (χ1) is 19.4. The van der Waals surface area contributed by atoms with Crippen molar-refractivity contribution in [1.82, 2.24) is 5.32 Å². The van der Waals surface area contributed by atoms with Crippen molar-refractivity contribution < 1.29 is 15.3 Å². The van der Waals surface area contributed by atoms with Crippen LogP contribution in [0.5, 0.6) is 0 Å². The van der Waals surface area contributed by atoms with E-state index < -0.39 is 12.5 Å². The van der Waals surface area contributed by atoms with E-state index in [4.69, 9.17) is 15.9 Å².